The minimum absolute atomic E-state index is 0.0890. The average molecular weight is 1090 g/mol. The number of phosphoric acid groups is 2. The monoisotopic (exact) mass is 1090 g/mol. The number of carbonyl (C=O) groups is 2. The second-order valence-electron chi connectivity index (χ2n) is 17.8. The molecular formula is C54H85N3O16P2. The fourth-order valence-corrected chi connectivity index (χ4v) is 9.27. The number of phosphoric ester groups is 2. The van der Waals surface area contributed by atoms with Crippen LogP contribution in [0.3, 0.4) is 0 Å². The van der Waals surface area contributed by atoms with Crippen molar-refractivity contribution < 1.29 is 71.4 Å². The molecule has 0 radical (unpaired) electrons. The summed E-state index contributed by atoms with van der Waals surface area (Å²) in [5.41, 5.74) is 4.58. The Kier molecular flexibility index (Phi) is 36.3. The van der Waals surface area contributed by atoms with Crippen molar-refractivity contribution in [1.82, 2.24) is 9.55 Å². The number of esters is 2. The molecule has 75 heavy (non-hydrogen) atoms. The van der Waals surface area contributed by atoms with Gasteiger partial charge in [-0.05, 0) is 83.1 Å². The maximum absolute atomic E-state index is 12.9. The summed E-state index contributed by atoms with van der Waals surface area (Å²) >= 11 is 0. The summed E-state index contributed by atoms with van der Waals surface area (Å²) in [6.45, 7) is 1.84. The van der Waals surface area contributed by atoms with Gasteiger partial charge in [0.05, 0.1) is 19.3 Å². The van der Waals surface area contributed by atoms with E-state index in [1.165, 1.54) is 25.3 Å². The lowest BCUT2D eigenvalue weighted by Gasteiger charge is -2.21. The molecule has 1 aliphatic heterocycles. The van der Waals surface area contributed by atoms with E-state index >= 15 is 0 Å². The number of aromatic nitrogens is 2. The highest BCUT2D eigenvalue weighted by atomic mass is 31.3. The molecule has 0 amide bonds. The molecule has 1 aliphatic rings. The zero-order valence-electron chi connectivity index (χ0n) is 43.9. The Morgan fingerprint density at radius 1 is 0.720 bits per heavy atom. The number of nitrogen functional groups attached to an aromatic ring is 1. The number of carbonyl (C=O) groups excluding carboxylic acids is 2. The number of nitrogens with zero attached hydrogens (tertiary/aromatic N) is 2. The van der Waals surface area contributed by atoms with Crippen molar-refractivity contribution in [3.05, 3.63) is 120 Å². The van der Waals surface area contributed by atoms with E-state index in [1.807, 2.05) is 67.7 Å². The van der Waals surface area contributed by atoms with Crippen LogP contribution in [0.4, 0.5) is 5.82 Å². The van der Waals surface area contributed by atoms with Crippen molar-refractivity contribution in [2.75, 3.05) is 25.6 Å². The van der Waals surface area contributed by atoms with Gasteiger partial charge in [-0.3, -0.25) is 23.2 Å². The number of aliphatic hydroxyl groups is 3. The smallest absolute Gasteiger partial charge is 0.462 e. The molecule has 1 saturated heterocycles. The number of anilines is 1. The molecule has 7 N–H and O–H groups in total. The summed E-state index contributed by atoms with van der Waals surface area (Å²) in [6.07, 6.45) is 42.5. The standard InChI is InChI=1S/C54H85N3O16P2/c1-3-5-7-8-9-10-11-12-13-14-15-18-21-24-27-30-34-38-49(59)68-42-46(71-50(60)39-35-31-28-25-22-19-16-17-20-23-26-29-33-37-45(58)36-32-6-4-2)43-69-74(64,65)73-75(66,67)70-44-47-51(61)52(62)53(72-47)57-41-40-48(55)56-54(57)63/h6,9-10,12-13,17,19-20,22,26,28-29,31-33,37,40-41,45-47,51-53,58,61-62H,3-5,7-8,11,14-16,18,21,23-25,27,30,34-36,38-39,42-44H2,1-2H3,(H,64,65)(H,66,67)(H2,55,56,63)/b10-9-,13-12-,20-17-,22-19-,29-26+,31-28-,32-6-,37-33+/t45?,46-,47-,51-,52-,53-/m1/s1. The molecule has 1 aromatic rings. The van der Waals surface area contributed by atoms with Crippen molar-refractivity contribution in [2.45, 2.75) is 185 Å². The number of unbranched alkanes of at least 4 members (excludes halogenated alkanes) is 10. The molecule has 19 nitrogen and oxygen atoms in total. The highest BCUT2D eigenvalue weighted by Gasteiger charge is 2.46. The van der Waals surface area contributed by atoms with E-state index in [4.69, 9.17) is 29.0 Å². The van der Waals surface area contributed by atoms with Crippen molar-refractivity contribution >= 4 is 33.4 Å². The Bertz CT molecular complexity index is 2150. The fraction of sp³-hybridized carbons (Fsp3) is 0.593. The van der Waals surface area contributed by atoms with Gasteiger partial charge < -0.3 is 45.1 Å². The largest absolute Gasteiger partial charge is 0.481 e. The predicted octanol–water partition coefficient (Wildman–Crippen LogP) is 10.2. The van der Waals surface area contributed by atoms with Crippen LogP contribution in [-0.2, 0) is 46.3 Å². The number of nitrogens with two attached hydrogens (primary N) is 1. The van der Waals surface area contributed by atoms with Crippen LogP contribution < -0.4 is 11.4 Å². The first-order chi connectivity index (χ1) is 36.1. The number of hydrogen-bond acceptors (Lipinski definition) is 16. The SMILES string of the molecule is CC/C=C\CC(O)/C=C/C=C/C/C=C\C/C=C\C/C=C\CCC(=O)O[C@H](COC(=O)CCCCCCCCC/C=C\C/C=C\CCCCC)COP(=O)(O)OP(=O)(O)OC[C@H]1O[C@@H](n2ccc(N)nc2=O)[C@H](O)[C@@H]1O. The third-order valence-electron chi connectivity index (χ3n) is 11.2. The number of aliphatic hydroxyl groups excluding tert-OH is 3. The van der Waals surface area contributed by atoms with E-state index in [1.54, 1.807) is 12.2 Å². The van der Waals surface area contributed by atoms with Crippen LogP contribution in [-0.4, -0.2) is 96.9 Å². The van der Waals surface area contributed by atoms with Gasteiger partial charge >= 0.3 is 33.3 Å². The van der Waals surface area contributed by atoms with Crippen LogP contribution in [0.1, 0.15) is 155 Å². The van der Waals surface area contributed by atoms with Gasteiger partial charge in [-0.2, -0.15) is 9.29 Å². The number of rotatable bonds is 42. The lowest BCUT2D eigenvalue weighted by atomic mass is 10.1. The summed E-state index contributed by atoms with van der Waals surface area (Å²) in [5.74, 6) is -1.44. The molecule has 422 valence electrons. The molecule has 0 saturated carbocycles. The molecule has 21 heteroatoms. The van der Waals surface area contributed by atoms with Crippen molar-refractivity contribution in [1.29, 1.82) is 0 Å². The van der Waals surface area contributed by atoms with Crippen LogP contribution in [0.25, 0.3) is 0 Å². The van der Waals surface area contributed by atoms with Gasteiger partial charge in [0.2, 0.25) is 0 Å². The van der Waals surface area contributed by atoms with Crippen molar-refractivity contribution in [3.63, 3.8) is 0 Å². The van der Waals surface area contributed by atoms with Gasteiger partial charge in [0.25, 0.3) is 0 Å². The van der Waals surface area contributed by atoms with E-state index in [-0.39, 0.29) is 18.7 Å². The van der Waals surface area contributed by atoms with E-state index in [0.717, 1.165) is 87.8 Å². The molecule has 3 unspecified atom stereocenters. The molecule has 8 atom stereocenters. The minimum Gasteiger partial charge on any atom is -0.462 e. The quantitative estimate of drug-likeness (QED) is 0.0117. The second-order valence-corrected chi connectivity index (χ2v) is 20.9. The summed E-state index contributed by atoms with van der Waals surface area (Å²) in [4.78, 5) is 62.0. The predicted molar refractivity (Wildman–Crippen MR) is 290 cm³/mol. The lowest BCUT2D eigenvalue weighted by molar-refractivity contribution is -0.161. The minimum atomic E-state index is -5.46. The zero-order chi connectivity index (χ0) is 55.0. The Hall–Kier alpha value is -4.36. The highest BCUT2D eigenvalue weighted by molar-refractivity contribution is 7.61. The fourth-order valence-electron chi connectivity index (χ4n) is 7.16. The van der Waals surface area contributed by atoms with E-state index in [9.17, 15) is 48.6 Å². The molecule has 2 heterocycles. The third-order valence-corrected chi connectivity index (χ3v) is 13.8. The van der Waals surface area contributed by atoms with E-state index in [2.05, 4.69) is 40.5 Å². The van der Waals surface area contributed by atoms with Crippen LogP contribution in [0.2, 0.25) is 0 Å². The molecule has 1 fully saturated rings. The molecule has 0 spiro atoms. The van der Waals surface area contributed by atoms with Gasteiger partial charge in [-0.25, -0.2) is 13.9 Å². The van der Waals surface area contributed by atoms with Gasteiger partial charge in [-0.15, -0.1) is 0 Å². The van der Waals surface area contributed by atoms with E-state index < -0.39 is 89.8 Å². The maximum Gasteiger partial charge on any atom is 0.481 e. The molecule has 1 aromatic heterocycles. The van der Waals surface area contributed by atoms with Crippen molar-refractivity contribution in [2.24, 2.45) is 0 Å². The summed E-state index contributed by atoms with van der Waals surface area (Å²) in [6, 6.07) is 1.24. The highest BCUT2D eigenvalue weighted by Crippen LogP contribution is 2.60. The average Bonchev–Trinajstić information content (AvgIpc) is 3.64. The molecule has 0 bridgehead atoms. The van der Waals surface area contributed by atoms with Crippen LogP contribution >= 0.6 is 15.6 Å². The number of hydrogen-bond donors (Lipinski definition) is 6. The Morgan fingerprint density at radius 3 is 1.95 bits per heavy atom. The first-order valence-electron chi connectivity index (χ1n) is 26.4. The third kappa shape index (κ3) is 33.4. The van der Waals surface area contributed by atoms with Crippen LogP contribution in [0.5, 0.6) is 0 Å². The second kappa shape index (κ2) is 40.8. The van der Waals surface area contributed by atoms with Gasteiger partial charge in [0.15, 0.2) is 12.3 Å². The molecule has 0 aromatic carbocycles. The van der Waals surface area contributed by atoms with Crippen LogP contribution in [0, 0.1) is 0 Å². The lowest BCUT2D eigenvalue weighted by Crippen LogP contribution is -2.36. The van der Waals surface area contributed by atoms with Crippen molar-refractivity contribution in [3.8, 4) is 0 Å². The van der Waals surface area contributed by atoms with Gasteiger partial charge in [0.1, 0.15) is 30.7 Å². The topological polar surface area (TPSA) is 286 Å². The summed E-state index contributed by atoms with van der Waals surface area (Å²) in [5, 5.41) is 30.8. The Labute approximate surface area is 443 Å². The van der Waals surface area contributed by atoms with E-state index in [0.29, 0.717) is 25.7 Å². The molecular weight excluding hydrogens is 1010 g/mol. The number of ether oxygens (including phenoxy) is 3. The summed E-state index contributed by atoms with van der Waals surface area (Å²) < 4.78 is 56.7. The summed E-state index contributed by atoms with van der Waals surface area (Å²) in [7, 11) is -10.9. The molecule has 0 aliphatic carbocycles. The molecule has 2 rings (SSSR count). The normalized spacial score (nSPS) is 20.0. The first-order valence-corrected chi connectivity index (χ1v) is 29.3. The van der Waals surface area contributed by atoms with Crippen LogP contribution in [0.15, 0.2) is 114 Å². The number of allylic oxidation sites excluding steroid dienone is 14. The Balaban J connectivity index is 1.84. The first kappa shape index (κ1) is 66.8. The zero-order valence-corrected chi connectivity index (χ0v) is 45.7. The van der Waals surface area contributed by atoms with Gasteiger partial charge in [-0.1, -0.05) is 156 Å². The Morgan fingerprint density at radius 2 is 1.31 bits per heavy atom. The van der Waals surface area contributed by atoms with Gasteiger partial charge in [0, 0.05) is 19.0 Å². The maximum atomic E-state index is 12.9.